The Labute approximate surface area is 274 Å². The Hall–Kier alpha value is -0.450. The molecule has 5 rings (SSSR count). The van der Waals surface area contributed by atoms with Crippen molar-refractivity contribution in [1.29, 1.82) is 0 Å². The summed E-state index contributed by atoms with van der Waals surface area (Å²) in [5.74, 6) is -0.726. The normalized spacial score (nSPS) is 48.9. The van der Waals surface area contributed by atoms with Crippen molar-refractivity contribution in [3.05, 3.63) is 0 Å². The molecule has 5 fully saturated rings. The third kappa shape index (κ3) is 6.45. The lowest BCUT2D eigenvalue weighted by molar-refractivity contribution is -0.260. The third-order valence-corrected chi connectivity index (χ3v) is 13.8. The van der Waals surface area contributed by atoms with Crippen molar-refractivity contribution in [1.82, 2.24) is 0 Å². The van der Waals surface area contributed by atoms with Gasteiger partial charge in [-0.1, -0.05) is 34.6 Å². The standard InChI is InChI=1S/C33H58O12S/c1-17(2)23(43-30-27(37)28(42-6)25(16-34)44-30)8-7-18(3)20-14-22(36)29-32(20,5)12-10-26-31(4)11-9-19(35)13-21(31)24(15-33(26,29)38)45-46(39,40)41/h17-30,34-38H,7-16H2,1-6H3,(H,39,40,41)/t18-,19+,20-,21?,22?,23+,24+,25?,26?,27?,28?,29?,30?,31+,32-,33+/m1/s1. The van der Waals surface area contributed by atoms with Gasteiger partial charge in [-0.25, -0.2) is 4.18 Å². The van der Waals surface area contributed by atoms with Gasteiger partial charge in [0.25, 0.3) is 0 Å². The minimum atomic E-state index is -4.81. The summed E-state index contributed by atoms with van der Waals surface area (Å²) in [6.07, 6.45) is -1.04. The first-order chi connectivity index (χ1) is 21.4. The molecule has 6 N–H and O–H groups in total. The highest BCUT2D eigenvalue weighted by Crippen LogP contribution is 2.70. The van der Waals surface area contributed by atoms with Crippen molar-refractivity contribution in [2.24, 2.45) is 46.3 Å². The van der Waals surface area contributed by atoms with E-state index in [0.29, 0.717) is 38.5 Å². The van der Waals surface area contributed by atoms with E-state index in [1.54, 1.807) is 0 Å². The summed E-state index contributed by atoms with van der Waals surface area (Å²) in [5.41, 5.74) is -2.37. The number of rotatable bonds is 11. The molecule has 12 nitrogen and oxygen atoms in total. The summed E-state index contributed by atoms with van der Waals surface area (Å²) >= 11 is 0. The zero-order chi connectivity index (χ0) is 34.0. The van der Waals surface area contributed by atoms with Crippen molar-refractivity contribution >= 4 is 10.4 Å². The lowest BCUT2D eigenvalue weighted by atomic mass is 9.42. The summed E-state index contributed by atoms with van der Waals surface area (Å²) in [7, 11) is -3.35. The van der Waals surface area contributed by atoms with Crippen LogP contribution in [0.2, 0.25) is 0 Å². The molecule has 0 amide bonds. The molecule has 1 aliphatic heterocycles. The molecule has 5 aliphatic rings. The average Bonchev–Trinajstić information content (AvgIpc) is 3.42. The van der Waals surface area contributed by atoms with E-state index < -0.39 is 75.7 Å². The summed E-state index contributed by atoms with van der Waals surface area (Å²) < 4.78 is 56.3. The first kappa shape index (κ1) is 36.8. The zero-order valence-corrected chi connectivity index (χ0v) is 29.0. The quantitative estimate of drug-likeness (QED) is 0.175. The van der Waals surface area contributed by atoms with Gasteiger partial charge in [0, 0.05) is 19.4 Å². The van der Waals surface area contributed by atoms with Crippen molar-refractivity contribution in [3.63, 3.8) is 0 Å². The molecule has 0 aromatic carbocycles. The summed E-state index contributed by atoms with van der Waals surface area (Å²) in [6.45, 7) is 10.2. The Morgan fingerprint density at radius 2 is 1.67 bits per heavy atom. The van der Waals surface area contributed by atoms with Crippen LogP contribution >= 0.6 is 0 Å². The second-order valence-electron chi connectivity index (χ2n) is 16.2. The minimum absolute atomic E-state index is 0.0346. The topological polar surface area (TPSA) is 192 Å². The van der Waals surface area contributed by atoms with E-state index in [-0.39, 0.29) is 48.7 Å². The van der Waals surface area contributed by atoms with Gasteiger partial charge in [0.1, 0.15) is 18.3 Å². The largest absolute Gasteiger partial charge is 0.397 e. The molecule has 4 saturated carbocycles. The molecule has 16 atom stereocenters. The lowest BCUT2D eigenvalue weighted by Gasteiger charge is -2.66. The van der Waals surface area contributed by atoms with Crippen molar-refractivity contribution in [2.45, 2.75) is 147 Å². The van der Waals surface area contributed by atoms with Crippen molar-refractivity contribution in [3.8, 4) is 0 Å². The summed E-state index contributed by atoms with van der Waals surface area (Å²) in [6, 6.07) is 0. The fraction of sp³-hybridized carbons (Fsp3) is 1.00. The fourth-order valence-corrected chi connectivity index (χ4v) is 11.8. The van der Waals surface area contributed by atoms with Crippen LogP contribution in [0.1, 0.15) is 92.4 Å². The predicted octanol–water partition coefficient (Wildman–Crippen LogP) is 2.44. The van der Waals surface area contributed by atoms with Gasteiger partial charge in [-0.3, -0.25) is 4.55 Å². The van der Waals surface area contributed by atoms with Gasteiger partial charge in [-0.05, 0) is 91.8 Å². The number of hydrogen-bond acceptors (Lipinski definition) is 11. The molecule has 8 unspecified atom stereocenters. The monoisotopic (exact) mass is 678 g/mol. The van der Waals surface area contributed by atoms with Crippen LogP contribution in [0.15, 0.2) is 0 Å². The van der Waals surface area contributed by atoms with E-state index in [1.807, 2.05) is 13.8 Å². The Kier molecular flexibility index (Phi) is 10.7. The van der Waals surface area contributed by atoms with E-state index in [1.165, 1.54) is 7.11 Å². The highest BCUT2D eigenvalue weighted by Gasteiger charge is 2.71. The first-order valence-corrected chi connectivity index (χ1v) is 18.6. The molecule has 0 aromatic heterocycles. The van der Waals surface area contributed by atoms with Gasteiger partial charge >= 0.3 is 10.4 Å². The molecule has 13 heteroatoms. The average molecular weight is 679 g/mol. The molecular weight excluding hydrogens is 620 g/mol. The number of ether oxygens (including phenoxy) is 3. The number of hydrogen-bond donors (Lipinski definition) is 6. The van der Waals surface area contributed by atoms with E-state index in [4.69, 9.17) is 18.4 Å². The Morgan fingerprint density at radius 3 is 2.26 bits per heavy atom. The number of aliphatic hydroxyl groups excluding tert-OH is 4. The molecule has 268 valence electrons. The van der Waals surface area contributed by atoms with Crippen molar-refractivity contribution in [2.75, 3.05) is 13.7 Å². The lowest BCUT2D eigenvalue weighted by Crippen LogP contribution is -2.69. The van der Waals surface area contributed by atoms with Crippen LogP contribution in [0.4, 0.5) is 0 Å². The molecule has 46 heavy (non-hydrogen) atoms. The van der Waals surface area contributed by atoms with E-state index in [9.17, 15) is 38.5 Å². The number of fused-ring (bicyclic) bond motifs is 5. The van der Waals surface area contributed by atoms with Gasteiger partial charge in [0.2, 0.25) is 0 Å². The molecular formula is C33H58O12S. The fourth-order valence-electron chi connectivity index (χ4n) is 11.2. The SMILES string of the molecule is COC1C(CO)OC(O[C@@H](CC[C@@H](C)[C@H]2CC(O)C3[C@]4(O)C[C@H](OS(=O)(=O)O)C5C[C@@H](O)CC[C@]5(C)C4CC[C@@]32C)C(C)C)C1O. The maximum Gasteiger partial charge on any atom is 0.397 e. The highest BCUT2D eigenvalue weighted by molar-refractivity contribution is 7.80. The molecule has 1 saturated heterocycles. The molecule has 0 spiro atoms. The van der Waals surface area contributed by atoms with Crippen LogP contribution in [0.25, 0.3) is 0 Å². The Bertz CT molecular complexity index is 1170. The second kappa shape index (κ2) is 13.4. The van der Waals surface area contributed by atoms with Crippen LogP contribution < -0.4 is 0 Å². The number of aliphatic hydroxyl groups is 5. The Balaban J connectivity index is 1.34. The van der Waals surface area contributed by atoms with E-state index in [2.05, 4.69) is 20.8 Å². The van der Waals surface area contributed by atoms with Gasteiger partial charge in [-0.15, -0.1) is 0 Å². The van der Waals surface area contributed by atoms with Gasteiger partial charge < -0.3 is 39.7 Å². The van der Waals surface area contributed by atoms with E-state index >= 15 is 0 Å². The summed E-state index contributed by atoms with van der Waals surface area (Å²) in [4.78, 5) is 0. The molecule has 1 heterocycles. The van der Waals surface area contributed by atoms with E-state index in [0.717, 1.165) is 12.8 Å². The third-order valence-electron chi connectivity index (χ3n) is 13.3. The van der Waals surface area contributed by atoms with Gasteiger partial charge in [0.05, 0.1) is 36.6 Å². The summed E-state index contributed by atoms with van der Waals surface area (Å²) in [5, 5.41) is 55.3. The zero-order valence-electron chi connectivity index (χ0n) is 28.2. The van der Waals surface area contributed by atoms with Crippen LogP contribution in [-0.2, 0) is 28.8 Å². The van der Waals surface area contributed by atoms with Gasteiger partial charge in [-0.2, -0.15) is 8.42 Å². The molecule has 0 bridgehead atoms. The van der Waals surface area contributed by atoms with Crippen molar-refractivity contribution < 1.29 is 56.9 Å². The smallest absolute Gasteiger partial charge is 0.394 e. The maximum absolute atomic E-state index is 12.7. The molecule has 0 radical (unpaired) electrons. The van der Waals surface area contributed by atoms with Crippen LogP contribution in [0, 0.1) is 46.3 Å². The Morgan fingerprint density at radius 1 is 1.00 bits per heavy atom. The molecule has 4 aliphatic carbocycles. The molecule has 0 aromatic rings. The predicted molar refractivity (Wildman–Crippen MR) is 167 cm³/mol. The number of methoxy groups -OCH3 is 1. The van der Waals surface area contributed by atoms with Gasteiger partial charge in [0.15, 0.2) is 6.29 Å². The highest BCUT2D eigenvalue weighted by atomic mass is 32.3. The van der Waals surface area contributed by atoms with Crippen LogP contribution in [0.3, 0.4) is 0 Å². The maximum atomic E-state index is 12.7. The second-order valence-corrected chi connectivity index (χ2v) is 17.2. The van der Waals surface area contributed by atoms with Crippen LogP contribution in [0.5, 0.6) is 0 Å². The van der Waals surface area contributed by atoms with Crippen LogP contribution in [-0.4, -0.2) is 107 Å². The minimum Gasteiger partial charge on any atom is -0.394 e. The first-order valence-electron chi connectivity index (χ1n) is 17.3.